The van der Waals surface area contributed by atoms with Crippen LogP contribution in [0, 0.1) is 12.8 Å². The summed E-state index contributed by atoms with van der Waals surface area (Å²) in [7, 11) is 0. The molecule has 1 saturated carbocycles. The van der Waals surface area contributed by atoms with E-state index in [1.807, 2.05) is 0 Å². The largest absolute Gasteiger partial charge is 0.493 e. The van der Waals surface area contributed by atoms with E-state index in [1.54, 1.807) is 0 Å². The highest BCUT2D eigenvalue weighted by Crippen LogP contribution is 2.35. The summed E-state index contributed by atoms with van der Waals surface area (Å²) in [4.78, 5) is 10.9. The van der Waals surface area contributed by atoms with Crippen LogP contribution >= 0.6 is 0 Å². The van der Waals surface area contributed by atoms with Gasteiger partial charge < -0.3 is 14.8 Å². The number of fused-ring (bicyclic) bond motifs is 1. The Labute approximate surface area is 197 Å². The smallest absolute Gasteiger partial charge is 0.123 e. The molecule has 3 nitrogen and oxygen atoms in total. The van der Waals surface area contributed by atoms with Crippen LogP contribution in [0.15, 0.2) is 66.7 Å². The van der Waals surface area contributed by atoms with E-state index in [-0.39, 0.29) is 5.92 Å². The van der Waals surface area contributed by atoms with Gasteiger partial charge in [0.25, 0.3) is 0 Å². The normalized spacial score (nSPS) is 21.7. The van der Waals surface area contributed by atoms with Gasteiger partial charge >= 0.3 is 0 Å². The molecule has 0 bridgehead atoms. The average molecular weight is 440 g/mol. The number of hydrogen-bond donors (Lipinski definition) is 1. The molecule has 3 heteroatoms. The van der Waals surface area contributed by atoms with Crippen molar-refractivity contribution in [2.75, 3.05) is 6.61 Å². The van der Waals surface area contributed by atoms with Crippen LogP contribution in [0.5, 0.6) is 5.75 Å². The van der Waals surface area contributed by atoms with Gasteiger partial charge in [-0.3, -0.25) is 0 Å². The van der Waals surface area contributed by atoms with Crippen molar-refractivity contribution in [2.45, 2.75) is 57.5 Å². The highest BCUT2D eigenvalue weighted by atomic mass is 16.5. The van der Waals surface area contributed by atoms with Crippen molar-refractivity contribution in [3.05, 3.63) is 89.0 Å². The van der Waals surface area contributed by atoms with Crippen molar-refractivity contribution >= 4 is 6.29 Å². The summed E-state index contributed by atoms with van der Waals surface area (Å²) in [6, 6.07) is 24.8. The van der Waals surface area contributed by atoms with Crippen LogP contribution in [0.1, 0.15) is 54.0 Å². The van der Waals surface area contributed by atoms with Gasteiger partial charge in [-0.2, -0.15) is 0 Å². The van der Waals surface area contributed by atoms with Crippen molar-refractivity contribution in [1.82, 2.24) is 5.32 Å². The summed E-state index contributed by atoms with van der Waals surface area (Å²) in [6.07, 6.45) is 7.47. The number of carbonyl (C=O) groups excluding carboxylic acids is 1. The Morgan fingerprint density at radius 1 is 1.03 bits per heavy atom. The summed E-state index contributed by atoms with van der Waals surface area (Å²) in [6.45, 7) is 2.86. The lowest BCUT2D eigenvalue weighted by Gasteiger charge is -2.37. The van der Waals surface area contributed by atoms with Crippen molar-refractivity contribution in [3.8, 4) is 16.9 Å². The SMILES string of the molecule is Cc1cc(CCOc2ccc3c(c2)CCC[C@H]3N[C@H]2C[C@H](C=O)C2)ccc1-c1ccccc1. The van der Waals surface area contributed by atoms with E-state index in [1.165, 1.54) is 46.2 Å². The Bertz CT molecular complexity index is 1100. The maximum Gasteiger partial charge on any atom is 0.123 e. The van der Waals surface area contributed by atoms with Crippen LogP contribution in [-0.4, -0.2) is 18.9 Å². The first kappa shape index (κ1) is 21.9. The van der Waals surface area contributed by atoms with Crippen LogP contribution in [-0.2, 0) is 17.6 Å². The zero-order valence-electron chi connectivity index (χ0n) is 19.4. The summed E-state index contributed by atoms with van der Waals surface area (Å²) in [5, 5.41) is 3.78. The zero-order chi connectivity index (χ0) is 22.6. The Balaban J connectivity index is 1.17. The van der Waals surface area contributed by atoms with Gasteiger partial charge in [0.15, 0.2) is 0 Å². The number of rotatable bonds is 8. The highest BCUT2D eigenvalue weighted by Gasteiger charge is 2.31. The molecule has 0 amide bonds. The molecule has 3 aromatic rings. The van der Waals surface area contributed by atoms with Crippen molar-refractivity contribution in [3.63, 3.8) is 0 Å². The quantitative estimate of drug-likeness (QED) is 0.423. The second-order valence-electron chi connectivity index (χ2n) is 9.65. The Kier molecular flexibility index (Phi) is 6.59. The lowest BCUT2D eigenvalue weighted by Crippen LogP contribution is -2.44. The maximum absolute atomic E-state index is 10.9. The fourth-order valence-corrected chi connectivity index (χ4v) is 5.36. The number of aldehydes is 1. The number of carbonyl (C=O) groups is 1. The van der Waals surface area contributed by atoms with Gasteiger partial charge in [-0.05, 0) is 84.5 Å². The number of nitrogens with one attached hydrogen (secondary N) is 1. The van der Waals surface area contributed by atoms with Crippen LogP contribution < -0.4 is 10.1 Å². The van der Waals surface area contributed by atoms with E-state index in [0.717, 1.165) is 37.7 Å². The monoisotopic (exact) mass is 439 g/mol. The molecule has 170 valence electrons. The molecule has 0 aromatic heterocycles. The number of benzene rings is 3. The van der Waals surface area contributed by atoms with E-state index >= 15 is 0 Å². The Hall–Kier alpha value is -2.91. The molecule has 1 fully saturated rings. The molecule has 1 atom stereocenters. The van der Waals surface area contributed by atoms with Gasteiger partial charge in [0, 0.05) is 24.4 Å². The summed E-state index contributed by atoms with van der Waals surface area (Å²) in [5.74, 6) is 1.23. The lowest BCUT2D eigenvalue weighted by molar-refractivity contribution is -0.113. The predicted molar refractivity (Wildman–Crippen MR) is 134 cm³/mol. The second kappa shape index (κ2) is 9.93. The number of aryl methyl sites for hydroxylation is 2. The first-order chi connectivity index (χ1) is 16.2. The van der Waals surface area contributed by atoms with Crippen LogP contribution in [0.4, 0.5) is 0 Å². The molecular formula is C30H33NO2. The minimum absolute atomic E-state index is 0.264. The summed E-state index contributed by atoms with van der Waals surface area (Å²) >= 11 is 0. The minimum Gasteiger partial charge on any atom is -0.493 e. The van der Waals surface area contributed by atoms with E-state index < -0.39 is 0 Å². The maximum atomic E-state index is 10.9. The van der Waals surface area contributed by atoms with E-state index in [4.69, 9.17) is 4.74 Å². The molecule has 33 heavy (non-hydrogen) atoms. The predicted octanol–water partition coefficient (Wildman–Crippen LogP) is 6.23. The van der Waals surface area contributed by atoms with Gasteiger partial charge in [-0.1, -0.05) is 54.6 Å². The molecule has 0 unspecified atom stereocenters. The van der Waals surface area contributed by atoms with Crippen molar-refractivity contribution in [1.29, 1.82) is 0 Å². The second-order valence-corrected chi connectivity index (χ2v) is 9.65. The molecule has 2 aliphatic rings. The average Bonchev–Trinajstić information content (AvgIpc) is 2.81. The molecule has 5 rings (SSSR count). The molecule has 0 aliphatic heterocycles. The number of hydrogen-bond acceptors (Lipinski definition) is 3. The van der Waals surface area contributed by atoms with Crippen LogP contribution in [0.2, 0.25) is 0 Å². The van der Waals surface area contributed by atoms with Gasteiger partial charge in [0.1, 0.15) is 12.0 Å². The van der Waals surface area contributed by atoms with E-state index in [2.05, 4.69) is 79.0 Å². The van der Waals surface area contributed by atoms with E-state index in [9.17, 15) is 4.79 Å². The molecule has 0 spiro atoms. The van der Waals surface area contributed by atoms with Gasteiger partial charge in [0.05, 0.1) is 6.61 Å². The fourth-order valence-electron chi connectivity index (χ4n) is 5.36. The Morgan fingerprint density at radius 3 is 2.67 bits per heavy atom. The third kappa shape index (κ3) is 5.04. The zero-order valence-corrected chi connectivity index (χ0v) is 19.4. The van der Waals surface area contributed by atoms with Crippen molar-refractivity contribution < 1.29 is 9.53 Å². The summed E-state index contributed by atoms with van der Waals surface area (Å²) < 4.78 is 6.15. The molecule has 0 heterocycles. The third-order valence-electron chi connectivity index (χ3n) is 7.27. The minimum atomic E-state index is 0.264. The molecule has 3 aromatic carbocycles. The number of ether oxygens (including phenoxy) is 1. The topological polar surface area (TPSA) is 38.3 Å². The van der Waals surface area contributed by atoms with Gasteiger partial charge in [-0.15, -0.1) is 0 Å². The summed E-state index contributed by atoms with van der Waals surface area (Å²) in [5.41, 5.74) is 7.99. The Morgan fingerprint density at radius 2 is 1.88 bits per heavy atom. The standard InChI is InChI=1S/C30H33NO2/c1-21-16-22(10-12-28(21)24-6-3-2-4-7-24)14-15-33-27-11-13-29-25(19-27)8-5-9-30(29)31-26-17-23(18-26)20-32/h2-4,6-7,10-13,16,19-20,23,26,30-31H,5,8-9,14-15,17-18H2,1H3/t23-,26-,30-/m1/s1. The first-order valence-electron chi connectivity index (χ1n) is 12.3. The van der Waals surface area contributed by atoms with Crippen molar-refractivity contribution in [2.24, 2.45) is 5.92 Å². The van der Waals surface area contributed by atoms with Gasteiger partial charge in [0.2, 0.25) is 0 Å². The fraction of sp³-hybridized carbons (Fsp3) is 0.367. The molecule has 0 saturated heterocycles. The molecule has 0 radical (unpaired) electrons. The highest BCUT2D eigenvalue weighted by molar-refractivity contribution is 5.67. The third-order valence-corrected chi connectivity index (χ3v) is 7.27. The first-order valence-corrected chi connectivity index (χ1v) is 12.3. The molecule has 2 aliphatic carbocycles. The van der Waals surface area contributed by atoms with E-state index in [0.29, 0.717) is 18.7 Å². The van der Waals surface area contributed by atoms with Crippen LogP contribution in [0.25, 0.3) is 11.1 Å². The van der Waals surface area contributed by atoms with Crippen LogP contribution in [0.3, 0.4) is 0 Å². The lowest BCUT2D eigenvalue weighted by atomic mass is 9.79. The molecule has 1 N–H and O–H groups in total. The molecular weight excluding hydrogens is 406 g/mol. The van der Waals surface area contributed by atoms with Gasteiger partial charge in [-0.25, -0.2) is 0 Å².